The molecule has 0 radical (unpaired) electrons. The van der Waals surface area contributed by atoms with Gasteiger partial charge >= 0.3 is 5.97 Å². The van der Waals surface area contributed by atoms with Crippen LogP contribution in [0.1, 0.15) is 41.6 Å². The lowest BCUT2D eigenvalue weighted by Crippen LogP contribution is -2.46. The third-order valence-corrected chi connectivity index (χ3v) is 3.64. The zero-order valence-corrected chi connectivity index (χ0v) is 12.0. The second-order valence-corrected chi connectivity index (χ2v) is 5.39. The van der Waals surface area contributed by atoms with E-state index in [0.29, 0.717) is 18.4 Å². The first-order valence-corrected chi connectivity index (χ1v) is 7.01. The van der Waals surface area contributed by atoms with E-state index in [1.807, 2.05) is 13.0 Å². The van der Waals surface area contributed by atoms with Gasteiger partial charge in [0.1, 0.15) is 5.54 Å². The number of carbonyl (C=O) groups is 2. The fourth-order valence-electron chi connectivity index (χ4n) is 2.53. The second kappa shape index (κ2) is 6.40. The number of amides is 1. The number of nitrogens with one attached hydrogen (secondary N) is 1. The molecule has 5 heteroatoms. The van der Waals surface area contributed by atoms with E-state index in [2.05, 4.69) is 11.4 Å². The van der Waals surface area contributed by atoms with Crippen LogP contribution in [0.5, 0.6) is 0 Å². The Balaban J connectivity index is 1.87. The summed E-state index contributed by atoms with van der Waals surface area (Å²) in [5.41, 5.74) is 0.578. The number of carbonyl (C=O) groups excluding carboxylic acids is 2. The largest absolute Gasteiger partial charge is 0.452 e. The van der Waals surface area contributed by atoms with E-state index in [0.717, 1.165) is 18.4 Å². The highest BCUT2D eigenvalue weighted by molar-refractivity contribution is 5.91. The van der Waals surface area contributed by atoms with Gasteiger partial charge in [-0.2, -0.15) is 5.26 Å². The van der Waals surface area contributed by atoms with Gasteiger partial charge in [-0.1, -0.05) is 17.7 Å². The van der Waals surface area contributed by atoms with Gasteiger partial charge in [0.15, 0.2) is 6.61 Å². The van der Waals surface area contributed by atoms with Crippen LogP contribution >= 0.6 is 0 Å². The predicted octanol–water partition coefficient (Wildman–Crippen LogP) is 2.10. The Hall–Kier alpha value is -2.35. The lowest BCUT2D eigenvalue weighted by molar-refractivity contribution is -0.125. The predicted molar refractivity (Wildman–Crippen MR) is 76.4 cm³/mol. The summed E-state index contributed by atoms with van der Waals surface area (Å²) in [6, 6.07) is 9.14. The normalized spacial score (nSPS) is 16.0. The Bertz CT molecular complexity index is 583. The average molecular weight is 286 g/mol. The molecule has 0 aliphatic heterocycles. The molecule has 110 valence electrons. The summed E-state index contributed by atoms with van der Waals surface area (Å²) in [5.74, 6) is -0.967. The molecule has 1 aromatic carbocycles. The van der Waals surface area contributed by atoms with Crippen LogP contribution in [0.2, 0.25) is 0 Å². The molecule has 1 aliphatic rings. The van der Waals surface area contributed by atoms with E-state index >= 15 is 0 Å². The minimum Gasteiger partial charge on any atom is -0.452 e. The number of hydrogen-bond acceptors (Lipinski definition) is 4. The van der Waals surface area contributed by atoms with Gasteiger partial charge in [0.2, 0.25) is 0 Å². The number of aryl methyl sites for hydroxylation is 1. The van der Waals surface area contributed by atoms with Crippen LogP contribution in [0.3, 0.4) is 0 Å². The van der Waals surface area contributed by atoms with Crippen molar-refractivity contribution in [3.8, 4) is 6.07 Å². The molecule has 0 saturated heterocycles. The van der Waals surface area contributed by atoms with Crippen molar-refractivity contribution in [1.82, 2.24) is 5.32 Å². The van der Waals surface area contributed by atoms with Crippen LogP contribution in [0.25, 0.3) is 0 Å². The van der Waals surface area contributed by atoms with Crippen LogP contribution in [-0.4, -0.2) is 24.0 Å². The number of rotatable bonds is 4. The SMILES string of the molecule is Cc1cccc(C(=O)OCC(=O)NC2(C#N)CCCC2)c1. The fraction of sp³-hybridized carbons (Fsp3) is 0.438. The number of benzene rings is 1. The summed E-state index contributed by atoms with van der Waals surface area (Å²) in [7, 11) is 0. The molecule has 5 nitrogen and oxygen atoms in total. The summed E-state index contributed by atoms with van der Waals surface area (Å²) in [5, 5.41) is 11.9. The number of ether oxygens (including phenoxy) is 1. The van der Waals surface area contributed by atoms with Crippen LogP contribution < -0.4 is 5.32 Å². The molecule has 0 unspecified atom stereocenters. The molecule has 1 aromatic rings. The van der Waals surface area contributed by atoms with Crippen LogP contribution in [0.4, 0.5) is 0 Å². The van der Waals surface area contributed by atoms with Crippen molar-refractivity contribution >= 4 is 11.9 Å². The number of nitrogens with zero attached hydrogens (tertiary/aromatic N) is 1. The Morgan fingerprint density at radius 3 is 2.71 bits per heavy atom. The highest BCUT2D eigenvalue weighted by atomic mass is 16.5. The van der Waals surface area contributed by atoms with E-state index in [-0.39, 0.29) is 6.61 Å². The maximum atomic E-state index is 11.8. The molecule has 1 amide bonds. The van der Waals surface area contributed by atoms with Gasteiger partial charge in [0.05, 0.1) is 11.6 Å². The Morgan fingerprint density at radius 1 is 1.38 bits per heavy atom. The second-order valence-electron chi connectivity index (χ2n) is 5.39. The maximum Gasteiger partial charge on any atom is 0.338 e. The van der Waals surface area contributed by atoms with E-state index in [1.165, 1.54) is 0 Å². The fourth-order valence-corrected chi connectivity index (χ4v) is 2.53. The number of nitriles is 1. The summed E-state index contributed by atoms with van der Waals surface area (Å²) < 4.78 is 4.98. The van der Waals surface area contributed by atoms with E-state index in [4.69, 9.17) is 4.74 Å². The standard InChI is InChI=1S/C16H18N2O3/c1-12-5-4-6-13(9-12)15(20)21-10-14(19)18-16(11-17)7-2-3-8-16/h4-6,9H,2-3,7-8,10H2,1H3,(H,18,19). The van der Waals surface area contributed by atoms with Crippen molar-refractivity contribution in [1.29, 1.82) is 5.26 Å². The first kappa shape index (κ1) is 15.0. The molecule has 0 spiro atoms. The van der Waals surface area contributed by atoms with E-state index in [1.54, 1.807) is 18.2 Å². The van der Waals surface area contributed by atoms with E-state index in [9.17, 15) is 14.9 Å². The molecular formula is C16H18N2O3. The molecular weight excluding hydrogens is 268 g/mol. The molecule has 0 heterocycles. The Kier molecular flexibility index (Phi) is 4.59. The van der Waals surface area contributed by atoms with Gasteiger partial charge in [-0.05, 0) is 44.7 Å². The van der Waals surface area contributed by atoms with Gasteiger partial charge in [0, 0.05) is 0 Å². The molecule has 1 aliphatic carbocycles. The van der Waals surface area contributed by atoms with Gasteiger partial charge in [-0.15, -0.1) is 0 Å². The first-order valence-electron chi connectivity index (χ1n) is 7.01. The van der Waals surface area contributed by atoms with Crippen LogP contribution in [0, 0.1) is 18.3 Å². The van der Waals surface area contributed by atoms with E-state index < -0.39 is 17.4 Å². The number of hydrogen-bond donors (Lipinski definition) is 1. The molecule has 0 bridgehead atoms. The van der Waals surface area contributed by atoms with Crippen LogP contribution in [-0.2, 0) is 9.53 Å². The zero-order valence-electron chi connectivity index (χ0n) is 12.0. The third-order valence-electron chi connectivity index (χ3n) is 3.64. The van der Waals surface area contributed by atoms with Gasteiger partial charge in [0.25, 0.3) is 5.91 Å². The molecule has 2 rings (SSSR count). The van der Waals surface area contributed by atoms with Crippen LogP contribution in [0.15, 0.2) is 24.3 Å². The maximum absolute atomic E-state index is 11.8. The van der Waals surface area contributed by atoms with Crippen molar-refractivity contribution in [2.24, 2.45) is 0 Å². The quantitative estimate of drug-likeness (QED) is 0.860. The minimum absolute atomic E-state index is 0.365. The summed E-state index contributed by atoms with van der Waals surface area (Å²) >= 11 is 0. The minimum atomic E-state index is -0.785. The Labute approximate surface area is 123 Å². The number of esters is 1. The highest BCUT2D eigenvalue weighted by Crippen LogP contribution is 2.28. The Morgan fingerprint density at radius 2 is 2.10 bits per heavy atom. The average Bonchev–Trinajstić information content (AvgIpc) is 2.94. The van der Waals surface area contributed by atoms with Crippen molar-refractivity contribution in [3.63, 3.8) is 0 Å². The first-order chi connectivity index (χ1) is 10.0. The molecule has 1 N–H and O–H groups in total. The molecule has 1 fully saturated rings. The monoisotopic (exact) mass is 286 g/mol. The van der Waals surface area contributed by atoms with Gasteiger partial charge in [-0.3, -0.25) is 4.79 Å². The zero-order chi connectivity index (χ0) is 15.3. The molecule has 1 saturated carbocycles. The summed E-state index contributed by atoms with van der Waals surface area (Å²) in [6.07, 6.45) is 3.16. The van der Waals surface area contributed by atoms with Crippen molar-refractivity contribution in [2.45, 2.75) is 38.1 Å². The lowest BCUT2D eigenvalue weighted by atomic mass is 10.00. The third kappa shape index (κ3) is 3.82. The highest BCUT2D eigenvalue weighted by Gasteiger charge is 2.35. The molecule has 21 heavy (non-hydrogen) atoms. The van der Waals surface area contributed by atoms with Crippen molar-refractivity contribution in [2.75, 3.05) is 6.61 Å². The lowest BCUT2D eigenvalue weighted by Gasteiger charge is -2.21. The van der Waals surface area contributed by atoms with Crippen molar-refractivity contribution in [3.05, 3.63) is 35.4 Å². The smallest absolute Gasteiger partial charge is 0.338 e. The topological polar surface area (TPSA) is 79.2 Å². The van der Waals surface area contributed by atoms with Crippen molar-refractivity contribution < 1.29 is 14.3 Å². The summed E-state index contributed by atoms with van der Waals surface area (Å²) in [6.45, 7) is 1.51. The summed E-state index contributed by atoms with van der Waals surface area (Å²) in [4.78, 5) is 23.6. The molecule has 0 aromatic heterocycles. The van der Waals surface area contributed by atoms with Gasteiger partial charge < -0.3 is 10.1 Å². The van der Waals surface area contributed by atoms with Gasteiger partial charge in [-0.25, -0.2) is 4.79 Å². The molecule has 0 atom stereocenters.